The van der Waals surface area contributed by atoms with Crippen LogP contribution in [0.2, 0.25) is 0 Å². The Morgan fingerprint density at radius 3 is 2.54 bits per heavy atom. The Morgan fingerprint density at radius 2 is 1.79 bits per heavy atom. The van der Waals surface area contributed by atoms with Crippen molar-refractivity contribution in [1.82, 2.24) is 5.32 Å². The van der Waals surface area contributed by atoms with Crippen LogP contribution < -0.4 is 5.32 Å². The second-order valence-corrected chi connectivity index (χ2v) is 5.42. The Morgan fingerprint density at radius 1 is 1.04 bits per heavy atom. The molecule has 0 spiro atoms. The average Bonchev–Trinajstić information content (AvgIpc) is 3.04. The van der Waals surface area contributed by atoms with E-state index in [1.807, 2.05) is 79.7 Å². The quantitative estimate of drug-likeness (QED) is 0.544. The van der Waals surface area contributed by atoms with Crippen LogP contribution in [0, 0.1) is 0 Å². The molecule has 2 aromatic carbocycles. The SMILES string of the molecule is CC=CC=CC(=O)NC(c1ccccc1)c1cc2ccccc2o1. The normalized spacial score (nSPS) is 12.9. The highest BCUT2D eigenvalue weighted by Crippen LogP contribution is 2.28. The number of hydrogen-bond donors (Lipinski definition) is 1. The van der Waals surface area contributed by atoms with Crippen LogP contribution in [0.4, 0.5) is 0 Å². The van der Waals surface area contributed by atoms with Crippen LogP contribution in [0.5, 0.6) is 0 Å². The maximum Gasteiger partial charge on any atom is 0.244 e. The van der Waals surface area contributed by atoms with Gasteiger partial charge in [-0.05, 0) is 24.6 Å². The molecular formula is C21H19NO2. The highest BCUT2D eigenvalue weighted by molar-refractivity contribution is 5.88. The van der Waals surface area contributed by atoms with Crippen molar-refractivity contribution in [3.8, 4) is 0 Å². The van der Waals surface area contributed by atoms with Gasteiger partial charge in [-0.25, -0.2) is 0 Å². The Hall–Kier alpha value is -3.07. The second kappa shape index (κ2) is 7.47. The van der Waals surface area contributed by atoms with Gasteiger partial charge in [0.1, 0.15) is 17.4 Å². The van der Waals surface area contributed by atoms with E-state index in [1.165, 1.54) is 6.08 Å². The fourth-order valence-electron chi connectivity index (χ4n) is 2.55. The summed E-state index contributed by atoms with van der Waals surface area (Å²) >= 11 is 0. The highest BCUT2D eigenvalue weighted by Gasteiger charge is 2.19. The Balaban J connectivity index is 1.94. The van der Waals surface area contributed by atoms with Gasteiger partial charge in [-0.3, -0.25) is 4.79 Å². The van der Waals surface area contributed by atoms with Gasteiger partial charge in [-0.1, -0.05) is 66.8 Å². The molecule has 3 nitrogen and oxygen atoms in total. The number of hydrogen-bond acceptors (Lipinski definition) is 2. The molecule has 0 aliphatic heterocycles. The van der Waals surface area contributed by atoms with E-state index in [-0.39, 0.29) is 11.9 Å². The Labute approximate surface area is 141 Å². The summed E-state index contributed by atoms with van der Waals surface area (Å²) in [5, 5.41) is 4.04. The van der Waals surface area contributed by atoms with Crippen molar-refractivity contribution in [2.75, 3.05) is 0 Å². The predicted octanol–water partition coefficient (Wildman–Crippen LogP) is 4.77. The molecule has 1 N–H and O–H groups in total. The lowest BCUT2D eigenvalue weighted by molar-refractivity contribution is -0.117. The number of benzene rings is 2. The number of carbonyl (C=O) groups is 1. The largest absolute Gasteiger partial charge is 0.459 e. The molecule has 0 bridgehead atoms. The molecule has 1 amide bonds. The molecule has 1 unspecified atom stereocenters. The summed E-state index contributed by atoms with van der Waals surface area (Å²) in [4.78, 5) is 12.2. The zero-order valence-corrected chi connectivity index (χ0v) is 13.5. The van der Waals surface area contributed by atoms with E-state index < -0.39 is 0 Å². The van der Waals surface area contributed by atoms with Crippen LogP contribution in [0.3, 0.4) is 0 Å². The molecule has 1 heterocycles. The molecule has 0 fully saturated rings. The molecular weight excluding hydrogens is 298 g/mol. The van der Waals surface area contributed by atoms with Crippen LogP contribution >= 0.6 is 0 Å². The Kier molecular flexibility index (Phi) is 4.92. The first-order valence-electron chi connectivity index (χ1n) is 7.91. The fraction of sp³-hybridized carbons (Fsp3) is 0.0952. The van der Waals surface area contributed by atoms with Crippen LogP contribution in [0.1, 0.15) is 24.3 Å². The highest BCUT2D eigenvalue weighted by atomic mass is 16.3. The number of nitrogens with one attached hydrogen (secondary N) is 1. The number of rotatable bonds is 5. The van der Waals surface area contributed by atoms with Gasteiger partial charge in [0.2, 0.25) is 5.91 Å². The molecule has 0 aliphatic carbocycles. The number of fused-ring (bicyclic) bond motifs is 1. The topological polar surface area (TPSA) is 42.2 Å². The summed E-state index contributed by atoms with van der Waals surface area (Å²) in [5.41, 5.74) is 1.79. The summed E-state index contributed by atoms with van der Waals surface area (Å²) in [6, 6.07) is 19.3. The van der Waals surface area contributed by atoms with Crippen LogP contribution in [-0.4, -0.2) is 5.91 Å². The monoisotopic (exact) mass is 317 g/mol. The summed E-state index contributed by atoms with van der Waals surface area (Å²) < 4.78 is 5.96. The maximum atomic E-state index is 12.2. The van der Waals surface area contributed by atoms with Crippen molar-refractivity contribution in [2.45, 2.75) is 13.0 Å². The molecule has 0 radical (unpaired) electrons. The van der Waals surface area contributed by atoms with Crippen LogP contribution in [-0.2, 0) is 4.79 Å². The van der Waals surface area contributed by atoms with Crippen LogP contribution in [0.15, 0.2) is 89.4 Å². The smallest absolute Gasteiger partial charge is 0.244 e. The molecule has 0 saturated heterocycles. The van der Waals surface area contributed by atoms with E-state index in [0.29, 0.717) is 0 Å². The number of carbonyl (C=O) groups excluding carboxylic acids is 1. The van der Waals surface area contributed by atoms with Gasteiger partial charge in [0, 0.05) is 11.5 Å². The second-order valence-electron chi connectivity index (χ2n) is 5.42. The standard InChI is InChI=1S/C21H19NO2/c1-2-3-5-14-20(23)22-21(16-10-6-4-7-11-16)19-15-17-12-8-9-13-18(17)24-19/h2-15,21H,1H3,(H,22,23). The van der Waals surface area contributed by atoms with Crippen molar-refractivity contribution in [2.24, 2.45) is 0 Å². The van der Waals surface area contributed by atoms with E-state index in [1.54, 1.807) is 6.08 Å². The summed E-state index contributed by atoms with van der Waals surface area (Å²) in [6.45, 7) is 1.91. The predicted molar refractivity (Wildman–Crippen MR) is 96.6 cm³/mol. The molecule has 3 aromatic rings. The van der Waals surface area contributed by atoms with Crippen LogP contribution in [0.25, 0.3) is 11.0 Å². The van der Waals surface area contributed by atoms with Gasteiger partial charge in [0.15, 0.2) is 0 Å². The van der Waals surface area contributed by atoms with Gasteiger partial charge < -0.3 is 9.73 Å². The van der Waals surface area contributed by atoms with Crippen molar-refractivity contribution >= 4 is 16.9 Å². The fourth-order valence-corrected chi connectivity index (χ4v) is 2.55. The number of amides is 1. The first kappa shape index (κ1) is 15.8. The minimum absolute atomic E-state index is 0.164. The maximum absolute atomic E-state index is 12.2. The molecule has 1 aromatic heterocycles. The van der Waals surface area contributed by atoms with E-state index in [9.17, 15) is 4.79 Å². The Bertz CT molecular complexity index is 842. The van der Waals surface area contributed by atoms with Crippen molar-refractivity contribution in [3.05, 3.63) is 96.3 Å². The van der Waals surface area contributed by atoms with Gasteiger partial charge in [-0.15, -0.1) is 0 Å². The zero-order chi connectivity index (χ0) is 16.8. The minimum atomic E-state index is -0.332. The summed E-state index contributed by atoms with van der Waals surface area (Å²) in [7, 11) is 0. The van der Waals surface area contributed by atoms with Crippen molar-refractivity contribution < 1.29 is 9.21 Å². The molecule has 3 heteroatoms. The van der Waals surface area contributed by atoms with E-state index >= 15 is 0 Å². The molecule has 120 valence electrons. The lowest BCUT2D eigenvalue weighted by Gasteiger charge is -2.16. The van der Waals surface area contributed by atoms with Gasteiger partial charge >= 0.3 is 0 Å². The summed E-state index contributed by atoms with van der Waals surface area (Å²) in [5.74, 6) is 0.553. The van der Waals surface area contributed by atoms with Gasteiger partial charge in [0.05, 0.1) is 0 Å². The number of furan rings is 1. The molecule has 24 heavy (non-hydrogen) atoms. The van der Waals surface area contributed by atoms with E-state index in [0.717, 1.165) is 22.3 Å². The molecule has 0 aliphatic rings. The molecule has 3 rings (SSSR count). The van der Waals surface area contributed by atoms with Crippen molar-refractivity contribution in [3.63, 3.8) is 0 Å². The van der Waals surface area contributed by atoms with Gasteiger partial charge in [-0.2, -0.15) is 0 Å². The minimum Gasteiger partial charge on any atom is -0.459 e. The third-order valence-corrected chi connectivity index (χ3v) is 3.70. The number of para-hydroxylation sites is 1. The number of allylic oxidation sites excluding steroid dienone is 3. The third-order valence-electron chi connectivity index (χ3n) is 3.70. The van der Waals surface area contributed by atoms with E-state index in [4.69, 9.17) is 4.42 Å². The van der Waals surface area contributed by atoms with Crippen molar-refractivity contribution in [1.29, 1.82) is 0 Å². The third kappa shape index (κ3) is 3.63. The van der Waals surface area contributed by atoms with Gasteiger partial charge in [0.25, 0.3) is 0 Å². The lowest BCUT2D eigenvalue weighted by atomic mass is 10.0. The first-order valence-corrected chi connectivity index (χ1v) is 7.91. The van der Waals surface area contributed by atoms with E-state index in [2.05, 4.69) is 5.32 Å². The first-order chi connectivity index (χ1) is 11.8. The zero-order valence-electron chi connectivity index (χ0n) is 13.5. The molecule has 0 saturated carbocycles. The summed E-state index contributed by atoms with van der Waals surface area (Å²) in [6.07, 6.45) is 6.92. The average molecular weight is 317 g/mol. The lowest BCUT2D eigenvalue weighted by Crippen LogP contribution is -2.27. The molecule has 1 atom stereocenters.